The van der Waals surface area contributed by atoms with E-state index < -0.39 is 21.9 Å². The van der Waals surface area contributed by atoms with E-state index >= 15 is 0 Å². The minimum Gasteiger partial charge on any atom is -0.397 e. The molecular formula is C13H17FN2O3S. The highest BCUT2D eigenvalue weighted by molar-refractivity contribution is 7.86. The zero-order chi connectivity index (χ0) is 15.1. The van der Waals surface area contributed by atoms with Crippen LogP contribution in [0.3, 0.4) is 0 Å². The van der Waals surface area contributed by atoms with Gasteiger partial charge in [0.25, 0.3) is 0 Å². The first-order valence-corrected chi connectivity index (χ1v) is 7.82. The predicted molar refractivity (Wildman–Crippen MR) is 75.7 cm³/mol. The van der Waals surface area contributed by atoms with Crippen molar-refractivity contribution in [1.29, 1.82) is 0 Å². The molecule has 1 aliphatic rings. The zero-order valence-electron chi connectivity index (χ0n) is 11.4. The molecule has 0 aromatic heterocycles. The molecule has 0 aliphatic carbocycles. The van der Waals surface area contributed by atoms with Gasteiger partial charge in [-0.25, -0.2) is 0 Å². The number of nitrogens with zero attached hydrogens (tertiary/aromatic N) is 1. The Morgan fingerprint density at radius 3 is 2.55 bits per heavy atom. The Morgan fingerprint density at radius 1 is 1.35 bits per heavy atom. The average molecular weight is 300 g/mol. The first-order valence-electron chi connectivity index (χ1n) is 6.27. The molecule has 1 aliphatic heterocycles. The van der Waals surface area contributed by atoms with Gasteiger partial charge in [0.15, 0.2) is 0 Å². The van der Waals surface area contributed by atoms with Crippen LogP contribution in [-0.4, -0.2) is 26.6 Å². The Morgan fingerprint density at radius 2 is 1.95 bits per heavy atom. The highest BCUT2D eigenvalue weighted by Gasteiger charge is 2.34. The number of anilines is 2. The summed E-state index contributed by atoms with van der Waals surface area (Å²) < 4.78 is 34.1. The van der Waals surface area contributed by atoms with Gasteiger partial charge >= 0.3 is 10.2 Å². The molecule has 110 valence electrons. The predicted octanol–water partition coefficient (Wildman–Crippen LogP) is 1.54. The molecule has 1 saturated heterocycles. The lowest BCUT2D eigenvalue weighted by Crippen LogP contribution is -2.26. The van der Waals surface area contributed by atoms with Crippen LogP contribution in [0.15, 0.2) is 12.1 Å². The minimum atomic E-state index is -4.57. The van der Waals surface area contributed by atoms with Gasteiger partial charge in [-0.05, 0) is 37.1 Å². The number of nitrogens with two attached hydrogens (primary N) is 1. The smallest absolute Gasteiger partial charge is 0.302 e. The maximum absolute atomic E-state index is 12.7. The molecule has 1 atom stereocenters. The third-order valence-corrected chi connectivity index (χ3v) is 4.44. The number of aryl methyl sites for hydroxylation is 2. The molecule has 0 radical (unpaired) electrons. The molecule has 5 nitrogen and oxygen atoms in total. The van der Waals surface area contributed by atoms with E-state index in [4.69, 9.17) is 5.73 Å². The van der Waals surface area contributed by atoms with Crippen LogP contribution in [0, 0.1) is 19.8 Å². The fraction of sp³-hybridized carbons (Fsp3) is 0.462. The quantitative estimate of drug-likeness (QED) is 0.678. The molecular weight excluding hydrogens is 283 g/mol. The molecule has 1 amide bonds. The Labute approximate surface area is 117 Å². The molecule has 1 aromatic carbocycles. The number of benzene rings is 1. The number of amides is 1. The number of hydrogen-bond donors (Lipinski definition) is 1. The second kappa shape index (κ2) is 5.05. The van der Waals surface area contributed by atoms with E-state index in [9.17, 15) is 17.1 Å². The van der Waals surface area contributed by atoms with Gasteiger partial charge in [0.2, 0.25) is 5.91 Å². The maximum Gasteiger partial charge on any atom is 0.302 e. The summed E-state index contributed by atoms with van der Waals surface area (Å²) in [5.41, 5.74) is 8.95. The van der Waals surface area contributed by atoms with E-state index in [1.54, 1.807) is 12.1 Å². The fourth-order valence-electron chi connectivity index (χ4n) is 2.46. The molecule has 0 bridgehead atoms. The average Bonchev–Trinajstić information content (AvgIpc) is 2.62. The molecule has 1 aromatic rings. The minimum absolute atomic E-state index is 0.0233. The lowest BCUT2D eigenvalue weighted by molar-refractivity contribution is -0.117. The molecule has 0 saturated carbocycles. The van der Waals surface area contributed by atoms with Gasteiger partial charge < -0.3 is 10.6 Å². The van der Waals surface area contributed by atoms with Crippen LogP contribution in [-0.2, 0) is 15.0 Å². The highest BCUT2D eigenvalue weighted by atomic mass is 32.3. The molecule has 7 heteroatoms. The molecule has 2 rings (SSSR count). The largest absolute Gasteiger partial charge is 0.397 e. The second-order valence-corrected chi connectivity index (χ2v) is 6.69. The van der Waals surface area contributed by atoms with E-state index in [0.717, 1.165) is 11.1 Å². The van der Waals surface area contributed by atoms with Gasteiger partial charge in [-0.3, -0.25) is 4.79 Å². The monoisotopic (exact) mass is 300 g/mol. The summed E-state index contributed by atoms with van der Waals surface area (Å²) in [6.07, 6.45) is 0.0233. The van der Waals surface area contributed by atoms with Crippen molar-refractivity contribution < 1.29 is 17.1 Å². The lowest BCUT2D eigenvalue weighted by Gasteiger charge is -2.20. The van der Waals surface area contributed by atoms with Crippen molar-refractivity contribution in [1.82, 2.24) is 0 Å². The van der Waals surface area contributed by atoms with Crippen LogP contribution in [0.25, 0.3) is 0 Å². The van der Waals surface area contributed by atoms with E-state index in [1.807, 2.05) is 13.8 Å². The SMILES string of the molecule is Cc1cc(N)c(N2CC(CS(=O)(=O)F)CC2=O)cc1C. The van der Waals surface area contributed by atoms with Crippen LogP contribution in [0.4, 0.5) is 15.3 Å². The van der Waals surface area contributed by atoms with Crippen molar-refractivity contribution in [2.45, 2.75) is 20.3 Å². The van der Waals surface area contributed by atoms with Crippen molar-refractivity contribution in [3.63, 3.8) is 0 Å². The van der Waals surface area contributed by atoms with Crippen molar-refractivity contribution >= 4 is 27.5 Å². The number of nitrogen functional groups attached to an aromatic ring is 1. The zero-order valence-corrected chi connectivity index (χ0v) is 12.2. The summed E-state index contributed by atoms with van der Waals surface area (Å²) >= 11 is 0. The van der Waals surface area contributed by atoms with Gasteiger partial charge in [0.05, 0.1) is 17.1 Å². The molecule has 0 spiro atoms. The van der Waals surface area contributed by atoms with Crippen LogP contribution >= 0.6 is 0 Å². The number of hydrogen-bond acceptors (Lipinski definition) is 4. The molecule has 1 unspecified atom stereocenters. The maximum atomic E-state index is 12.7. The van der Waals surface area contributed by atoms with Crippen LogP contribution in [0.2, 0.25) is 0 Å². The number of carbonyl (C=O) groups is 1. The number of halogens is 1. The van der Waals surface area contributed by atoms with Gasteiger partial charge in [-0.1, -0.05) is 0 Å². The summed E-state index contributed by atoms with van der Waals surface area (Å²) in [5, 5.41) is 0. The Kier molecular flexibility index (Phi) is 3.73. The van der Waals surface area contributed by atoms with Crippen molar-refractivity contribution in [3.05, 3.63) is 23.3 Å². The van der Waals surface area contributed by atoms with E-state index in [0.29, 0.717) is 11.4 Å². The molecule has 1 fully saturated rings. The summed E-state index contributed by atoms with van der Waals surface area (Å²) in [4.78, 5) is 13.4. The van der Waals surface area contributed by atoms with Crippen molar-refractivity contribution in [2.24, 2.45) is 5.92 Å². The van der Waals surface area contributed by atoms with Gasteiger partial charge in [-0.15, -0.1) is 3.89 Å². The van der Waals surface area contributed by atoms with Crippen LogP contribution in [0.5, 0.6) is 0 Å². The molecule has 20 heavy (non-hydrogen) atoms. The van der Waals surface area contributed by atoms with Gasteiger partial charge in [0.1, 0.15) is 0 Å². The standard InChI is InChI=1S/C13H17FN2O3S/c1-8-3-11(15)12(4-9(8)2)16-6-10(5-13(16)17)7-20(14,18)19/h3-4,10H,5-7,15H2,1-2H3. The first kappa shape index (κ1) is 14.8. The number of rotatable bonds is 3. The third-order valence-electron chi connectivity index (χ3n) is 3.57. The fourth-order valence-corrected chi connectivity index (χ4v) is 3.25. The lowest BCUT2D eigenvalue weighted by atomic mass is 10.1. The van der Waals surface area contributed by atoms with Crippen LogP contribution < -0.4 is 10.6 Å². The van der Waals surface area contributed by atoms with Crippen molar-refractivity contribution in [2.75, 3.05) is 22.9 Å². The Balaban J connectivity index is 2.26. The van der Waals surface area contributed by atoms with Crippen LogP contribution in [0.1, 0.15) is 17.5 Å². The number of carbonyl (C=O) groups excluding carboxylic acids is 1. The van der Waals surface area contributed by atoms with E-state index in [-0.39, 0.29) is 18.9 Å². The third kappa shape index (κ3) is 3.09. The van der Waals surface area contributed by atoms with Crippen molar-refractivity contribution in [3.8, 4) is 0 Å². The summed E-state index contributed by atoms with van der Waals surface area (Å²) in [6.45, 7) is 4.00. The highest BCUT2D eigenvalue weighted by Crippen LogP contribution is 2.32. The van der Waals surface area contributed by atoms with E-state index in [2.05, 4.69) is 0 Å². The van der Waals surface area contributed by atoms with Gasteiger partial charge in [0, 0.05) is 18.9 Å². The summed E-state index contributed by atoms with van der Waals surface area (Å²) in [6, 6.07) is 3.58. The second-order valence-electron chi connectivity index (χ2n) is 5.28. The first-order chi connectivity index (χ1) is 9.17. The Bertz CT molecular complexity index is 658. The Hall–Kier alpha value is -1.63. The molecule has 2 N–H and O–H groups in total. The molecule has 1 heterocycles. The van der Waals surface area contributed by atoms with Gasteiger partial charge in [-0.2, -0.15) is 8.42 Å². The topological polar surface area (TPSA) is 80.5 Å². The van der Waals surface area contributed by atoms with E-state index in [1.165, 1.54) is 4.90 Å². The summed E-state index contributed by atoms with van der Waals surface area (Å²) in [7, 11) is -4.57. The normalized spacial score (nSPS) is 19.6. The summed E-state index contributed by atoms with van der Waals surface area (Å²) in [5.74, 6) is -1.38.